The molecule has 0 amide bonds. The number of para-hydroxylation sites is 1. The lowest BCUT2D eigenvalue weighted by Crippen LogP contribution is -2.41. The minimum absolute atomic E-state index is 0. The van der Waals surface area contributed by atoms with Crippen LogP contribution in [0, 0.1) is 5.92 Å². The summed E-state index contributed by atoms with van der Waals surface area (Å²) in [7, 11) is 2.09. The summed E-state index contributed by atoms with van der Waals surface area (Å²) in [5.74, 6) is 1.51. The number of ether oxygens (including phenoxy) is 1. The number of nitrogens with one attached hydrogen (secondary N) is 1. The monoisotopic (exact) mass is 469 g/mol. The van der Waals surface area contributed by atoms with Crippen molar-refractivity contribution in [2.45, 2.75) is 19.9 Å². The van der Waals surface area contributed by atoms with Crippen molar-refractivity contribution in [3.63, 3.8) is 0 Å². The van der Waals surface area contributed by atoms with Gasteiger partial charge in [0, 0.05) is 38.9 Å². The Hall–Kier alpha value is -1.61. The van der Waals surface area contributed by atoms with Crippen molar-refractivity contribution in [2.75, 3.05) is 33.4 Å². The maximum absolute atomic E-state index is 5.47. The number of nitrogens with zero attached hydrogens (tertiary/aromatic N) is 4. The van der Waals surface area contributed by atoms with Crippen LogP contribution in [0.2, 0.25) is 0 Å². The van der Waals surface area contributed by atoms with Gasteiger partial charge < -0.3 is 15.0 Å². The predicted molar refractivity (Wildman–Crippen MR) is 115 cm³/mol. The number of rotatable bonds is 6. The van der Waals surface area contributed by atoms with Gasteiger partial charge in [-0.05, 0) is 31.5 Å². The van der Waals surface area contributed by atoms with E-state index in [1.807, 2.05) is 47.3 Å². The van der Waals surface area contributed by atoms with Crippen LogP contribution in [0.25, 0.3) is 5.69 Å². The van der Waals surface area contributed by atoms with Crippen LogP contribution < -0.4 is 5.32 Å². The molecular formula is C19H28IN5O. The van der Waals surface area contributed by atoms with Crippen molar-refractivity contribution in [1.29, 1.82) is 0 Å². The van der Waals surface area contributed by atoms with Gasteiger partial charge in [-0.2, -0.15) is 5.10 Å². The third kappa shape index (κ3) is 5.70. The number of hydrogen-bond acceptors (Lipinski definition) is 3. The van der Waals surface area contributed by atoms with Crippen LogP contribution in [0.3, 0.4) is 0 Å². The van der Waals surface area contributed by atoms with Gasteiger partial charge in [-0.15, -0.1) is 24.0 Å². The number of benzene rings is 1. The van der Waals surface area contributed by atoms with Crippen LogP contribution in [-0.4, -0.2) is 54.0 Å². The fourth-order valence-electron chi connectivity index (χ4n) is 3.00. The highest BCUT2D eigenvalue weighted by atomic mass is 127. The van der Waals surface area contributed by atoms with Crippen LogP contribution >= 0.6 is 24.0 Å². The molecule has 1 aromatic heterocycles. The van der Waals surface area contributed by atoms with Gasteiger partial charge in [0.25, 0.3) is 0 Å². The van der Waals surface area contributed by atoms with Gasteiger partial charge >= 0.3 is 0 Å². The number of guanidine groups is 1. The molecule has 2 aromatic rings. The predicted octanol–water partition coefficient (Wildman–Crippen LogP) is 2.92. The SMILES string of the molecule is CCNC(=NCc1ccn(-c2ccccc2)n1)N(C)CC1CCOC1.I. The van der Waals surface area contributed by atoms with Crippen molar-refractivity contribution in [3.05, 3.63) is 48.3 Å². The molecule has 2 heterocycles. The zero-order valence-corrected chi connectivity index (χ0v) is 17.8. The summed E-state index contributed by atoms with van der Waals surface area (Å²) in [4.78, 5) is 6.94. The fourth-order valence-corrected chi connectivity index (χ4v) is 3.00. The maximum atomic E-state index is 5.47. The van der Waals surface area contributed by atoms with Crippen molar-refractivity contribution in [2.24, 2.45) is 10.9 Å². The number of aliphatic imine (C=N–C) groups is 1. The lowest BCUT2D eigenvalue weighted by molar-refractivity contribution is 0.181. The summed E-state index contributed by atoms with van der Waals surface area (Å²) in [6.07, 6.45) is 3.11. The highest BCUT2D eigenvalue weighted by Gasteiger charge is 2.19. The molecule has 0 aliphatic carbocycles. The van der Waals surface area contributed by atoms with Crippen LogP contribution in [0.15, 0.2) is 47.6 Å². The molecule has 7 heteroatoms. The van der Waals surface area contributed by atoms with Crippen LogP contribution in [0.4, 0.5) is 0 Å². The van der Waals surface area contributed by atoms with Crippen LogP contribution in [0.5, 0.6) is 0 Å². The lowest BCUT2D eigenvalue weighted by atomic mass is 10.1. The van der Waals surface area contributed by atoms with E-state index in [0.29, 0.717) is 12.5 Å². The molecule has 1 N–H and O–H groups in total. The number of halogens is 1. The van der Waals surface area contributed by atoms with E-state index in [2.05, 4.69) is 29.3 Å². The first-order valence-corrected chi connectivity index (χ1v) is 8.93. The highest BCUT2D eigenvalue weighted by molar-refractivity contribution is 14.0. The summed E-state index contributed by atoms with van der Waals surface area (Å²) >= 11 is 0. The quantitative estimate of drug-likeness (QED) is 0.402. The third-order valence-corrected chi connectivity index (χ3v) is 4.31. The Balaban J connectivity index is 0.00000243. The Morgan fingerprint density at radius 3 is 2.85 bits per heavy atom. The standard InChI is InChI=1S/C19H27N5O.HI/c1-3-20-19(23(2)14-16-10-12-25-15-16)21-13-17-9-11-24(22-17)18-7-5-4-6-8-18;/h4-9,11,16H,3,10,12-15H2,1-2H3,(H,20,21);1H. The van der Waals surface area contributed by atoms with Gasteiger partial charge in [-0.25, -0.2) is 9.67 Å². The molecule has 1 saturated heterocycles. The Labute approximate surface area is 172 Å². The first-order chi connectivity index (χ1) is 12.3. The molecule has 6 nitrogen and oxygen atoms in total. The summed E-state index contributed by atoms with van der Waals surface area (Å²) < 4.78 is 7.36. The zero-order valence-electron chi connectivity index (χ0n) is 15.5. The fraction of sp³-hybridized carbons (Fsp3) is 0.474. The summed E-state index contributed by atoms with van der Waals surface area (Å²) in [6, 6.07) is 12.1. The van der Waals surface area contributed by atoms with Crippen molar-refractivity contribution in [1.82, 2.24) is 20.0 Å². The van der Waals surface area contributed by atoms with Gasteiger partial charge in [0.15, 0.2) is 5.96 Å². The van der Waals surface area contributed by atoms with E-state index >= 15 is 0 Å². The average Bonchev–Trinajstić information content (AvgIpc) is 3.31. The molecule has 3 rings (SSSR count). The van der Waals surface area contributed by atoms with E-state index in [1.165, 1.54) is 0 Å². The van der Waals surface area contributed by atoms with E-state index in [9.17, 15) is 0 Å². The summed E-state index contributed by atoms with van der Waals surface area (Å²) in [6.45, 7) is 6.20. The molecule has 1 atom stereocenters. The van der Waals surface area contributed by atoms with E-state index < -0.39 is 0 Å². The Bertz CT molecular complexity index is 682. The molecule has 142 valence electrons. The van der Waals surface area contributed by atoms with Gasteiger partial charge in [0.2, 0.25) is 0 Å². The number of hydrogen-bond donors (Lipinski definition) is 1. The highest BCUT2D eigenvalue weighted by Crippen LogP contribution is 2.13. The van der Waals surface area contributed by atoms with Gasteiger partial charge in [0.1, 0.15) is 0 Å². The smallest absolute Gasteiger partial charge is 0.194 e. The molecule has 1 aliphatic rings. The first kappa shape index (κ1) is 20.7. The van der Waals surface area contributed by atoms with Gasteiger partial charge in [-0.3, -0.25) is 0 Å². The molecule has 0 radical (unpaired) electrons. The zero-order chi connectivity index (χ0) is 17.5. The summed E-state index contributed by atoms with van der Waals surface area (Å²) in [5, 5.41) is 7.98. The molecule has 26 heavy (non-hydrogen) atoms. The van der Waals surface area contributed by atoms with Gasteiger partial charge in [0.05, 0.1) is 24.5 Å². The molecule has 0 saturated carbocycles. The largest absolute Gasteiger partial charge is 0.381 e. The molecule has 1 fully saturated rings. The van der Waals surface area contributed by atoms with Crippen molar-refractivity contribution in [3.8, 4) is 5.69 Å². The second-order valence-electron chi connectivity index (χ2n) is 6.37. The maximum Gasteiger partial charge on any atom is 0.194 e. The number of aromatic nitrogens is 2. The van der Waals surface area contributed by atoms with Crippen LogP contribution in [-0.2, 0) is 11.3 Å². The topological polar surface area (TPSA) is 54.7 Å². The van der Waals surface area contributed by atoms with Gasteiger partial charge in [-0.1, -0.05) is 18.2 Å². The van der Waals surface area contributed by atoms with Crippen LogP contribution in [0.1, 0.15) is 19.0 Å². The minimum atomic E-state index is 0. The third-order valence-electron chi connectivity index (χ3n) is 4.31. The normalized spacial score (nSPS) is 17.0. The first-order valence-electron chi connectivity index (χ1n) is 8.93. The Kier molecular flexibility index (Phi) is 8.37. The Morgan fingerprint density at radius 1 is 1.35 bits per heavy atom. The van der Waals surface area contributed by atoms with E-state index in [4.69, 9.17) is 9.73 Å². The van der Waals surface area contributed by atoms with E-state index in [-0.39, 0.29) is 24.0 Å². The Morgan fingerprint density at radius 2 is 2.15 bits per heavy atom. The molecular weight excluding hydrogens is 441 g/mol. The van der Waals surface area contributed by atoms with Crippen molar-refractivity contribution < 1.29 is 4.74 Å². The average molecular weight is 469 g/mol. The second-order valence-corrected chi connectivity index (χ2v) is 6.37. The molecule has 1 unspecified atom stereocenters. The second kappa shape index (κ2) is 10.5. The lowest BCUT2D eigenvalue weighted by Gasteiger charge is -2.24. The molecule has 0 bridgehead atoms. The van der Waals surface area contributed by atoms with E-state index in [0.717, 1.165) is 50.1 Å². The molecule has 0 spiro atoms. The van der Waals surface area contributed by atoms with E-state index in [1.54, 1.807) is 0 Å². The van der Waals surface area contributed by atoms with Crippen molar-refractivity contribution >= 4 is 29.9 Å². The minimum Gasteiger partial charge on any atom is -0.381 e. The molecule has 1 aliphatic heterocycles. The molecule has 1 aromatic carbocycles. The summed E-state index contributed by atoms with van der Waals surface area (Å²) in [5.41, 5.74) is 2.01.